The Morgan fingerprint density at radius 2 is 1.56 bits per heavy atom. The average Bonchev–Trinajstić information content (AvgIpc) is 2.94. The lowest BCUT2D eigenvalue weighted by atomic mass is 9.67. The van der Waals surface area contributed by atoms with Crippen molar-refractivity contribution in [2.45, 2.75) is 59.4 Å². The molecule has 2 aromatic rings. The summed E-state index contributed by atoms with van der Waals surface area (Å²) in [6, 6.07) is 2.77. The van der Waals surface area contributed by atoms with Crippen LogP contribution in [0.15, 0.2) is 12.1 Å². The molecule has 0 aliphatic carbocycles. The lowest BCUT2D eigenvalue weighted by Gasteiger charge is -2.44. The molecule has 9 nitrogen and oxygen atoms in total. The number of aliphatic hydroxyl groups is 1. The van der Waals surface area contributed by atoms with Crippen LogP contribution in [0.2, 0.25) is 0 Å². The van der Waals surface area contributed by atoms with E-state index in [1.165, 1.54) is 39.8 Å². The number of phenolic OH excluding ortho intramolecular Hbond substituents is 3. The molecule has 9 heteroatoms. The third-order valence-corrected chi connectivity index (χ3v) is 6.98. The van der Waals surface area contributed by atoms with E-state index in [4.69, 9.17) is 9.47 Å². The number of aromatic hydroxyl groups is 3. The summed E-state index contributed by atoms with van der Waals surface area (Å²) in [6.45, 7) is 7.15. The van der Waals surface area contributed by atoms with Gasteiger partial charge in [-0.3, -0.25) is 14.4 Å². The second kappa shape index (κ2) is 7.46. The molecular weight excluding hydrogens is 444 g/mol. The van der Waals surface area contributed by atoms with Crippen LogP contribution in [-0.2, 0) is 22.4 Å². The first-order valence-corrected chi connectivity index (χ1v) is 10.8. The zero-order valence-corrected chi connectivity index (χ0v) is 19.5. The van der Waals surface area contributed by atoms with E-state index in [-0.39, 0.29) is 51.5 Å². The number of aryl methyl sites for hydroxylation is 2. The molecule has 0 radical (unpaired) electrons. The van der Waals surface area contributed by atoms with Gasteiger partial charge in [-0.2, -0.15) is 0 Å². The van der Waals surface area contributed by atoms with Crippen LogP contribution in [0, 0.1) is 19.3 Å². The number of phenols is 3. The molecule has 180 valence electrons. The Labute approximate surface area is 195 Å². The summed E-state index contributed by atoms with van der Waals surface area (Å²) in [6.07, 6.45) is -1.91. The topological polar surface area (TPSA) is 151 Å². The van der Waals surface area contributed by atoms with Crippen molar-refractivity contribution >= 4 is 17.5 Å². The van der Waals surface area contributed by atoms with Crippen LogP contribution in [0.25, 0.3) is 0 Å². The first-order valence-electron chi connectivity index (χ1n) is 10.8. The van der Waals surface area contributed by atoms with Gasteiger partial charge in [0.2, 0.25) is 0 Å². The molecule has 2 aromatic carbocycles. The van der Waals surface area contributed by atoms with E-state index >= 15 is 0 Å². The van der Waals surface area contributed by atoms with Gasteiger partial charge in [-0.25, -0.2) is 0 Å². The zero-order chi connectivity index (χ0) is 25.3. The molecule has 2 aliphatic rings. The largest absolute Gasteiger partial charge is 0.507 e. The summed E-state index contributed by atoms with van der Waals surface area (Å²) in [4.78, 5) is 37.4. The summed E-state index contributed by atoms with van der Waals surface area (Å²) in [7, 11) is 0. The summed E-state index contributed by atoms with van der Waals surface area (Å²) in [5, 5.41) is 44.1. The molecule has 2 heterocycles. The minimum absolute atomic E-state index is 0.0277. The number of Topliss-reactive ketones (excluding diaryl/α,β-unsaturated/α-hetero) is 2. The van der Waals surface area contributed by atoms with Crippen molar-refractivity contribution < 1.29 is 44.3 Å². The van der Waals surface area contributed by atoms with Crippen molar-refractivity contribution in [1.29, 1.82) is 0 Å². The van der Waals surface area contributed by atoms with Gasteiger partial charge < -0.3 is 29.9 Å². The quantitative estimate of drug-likeness (QED) is 0.390. The van der Waals surface area contributed by atoms with Crippen LogP contribution in [-0.4, -0.2) is 49.9 Å². The van der Waals surface area contributed by atoms with Crippen molar-refractivity contribution in [3.05, 3.63) is 45.5 Å². The van der Waals surface area contributed by atoms with Crippen LogP contribution < -0.4 is 4.74 Å². The number of carbonyl (C=O) groups excluding carboxylic acids is 3. The molecule has 2 aliphatic heterocycles. The number of ether oxygens (including phenoxy) is 2. The molecule has 34 heavy (non-hydrogen) atoms. The van der Waals surface area contributed by atoms with Crippen LogP contribution in [0.5, 0.6) is 23.0 Å². The van der Waals surface area contributed by atoms with Gasteiger partial charge in [0.1, 0.15) is 28.4 Å². The minimum atomic E-state index is -2.23. The van der Waals surface area contributed by atoms with Crippen LogP contribution in [0.3, 0.4) is 0 Å². The highest BCUT2D eigenvalue weighted by atomic mass is 16.7. The predicted molar refractivity (Wildman–Crippen MR) is 118 cm³/mol. The van der Waals surface area contributed by atoms with Crippen LogP contribution >= 0.6 is 0 Å². The molecule has 3 atom stereocenters. The number of cyclic esters (lactones) is 1. The van der Waals surface area contributed by atoms with Gasteiger partial charge in [0.05, 0.1) is 11.1 Å². The number of hydrogen-bond donors (Lipinski definition) is 4. The Balaban J connectivity index is 1.98. The number of hydrogen-bond acceptors (Lipinski definition) is 9. The van der Waals surface area contributed by atoms with E-state index in [0.717, 1.165) is 0 Å². The van der Waals surface area contributed by atoms with Crippen LogP contribution in [0.1, 0.15) is 63.7 Å². The number of esters is 1. The molecule has 4 N–H and O–H groups in total. The van der Waals surface area contributed by atoms with Gasteiger partial charge in [-0.1, -0.05) is 0 Å². The van der Waals surface area contributed by atoms with Crippen molar-refractivity contribution in [2.75, 3.05) is 0 Å². The van der Waals surface area contributed by atoms with Gasteiger partial charge in [0.25, 0.3) is 5.79 Å². The Hall–Kier alpha value is -3.59. The van der Waals surface area contributed by atoms with Crippen molar-refractivity contribution in [1.82, 2.24) is 0 Å². The monoisotopic (exact) mass is 470 g/mol. The number of benzene rings is 2. The summed E-state index contributed by atoms with van der Waals surface area (Å²) in [5.41, 5.74) is -1.20. The Morgan fingerprint density at radius 1 is 1.00 bits per heavy atom. The van der Waals surface area contributed by atoms with Gasteiger partial charge in [0, 0.05) is 24.0 Å². The lowest BCUT2D eigenvalue weighted by Crippen LogP contribution is -2.60. The molecule has 0 aromatic heterocycles. The van der Waals surface area contributed by atoms with E-state index in [1.54, 1.807) is 6.92 Å². The molecule has 0 amide bonds. The van der Waals surface area contributed by atoms with E-state index in [0.29, 0.717) is 5.56 Å². The molecule has 0 bridgehead atoms. The van der Waals surface area contributed by atoms with E-state index in [2.05, 4.69) is 0 Å². The Bertz CT molecular complexity index is 1280. The zero-order valence-electron chi connectivity index (χ0n) is 19.5. The smallest absolute Gasteiger partial charge is 0.320 e. The van der Waals surface area contributed by atoms with E-state index in [1.807, 2.05) is 0 Å². The second-order valence-electron chi connectivity index (χ2n) is 9.21. The highest BCUT2D eigenvalue weighted by molar-refractivity contribution is 5.99. The number of rotatable bonds is 4. The second-order valence-corrected chi connectivity index (χ2v) is 9.21. The molecular formula is C25H26O9. The lowest BCUT2D eigenvalue weighted by molar-refractivity contribution is -0.228. The standard InChI is InChI=1S/C25H26O9/c1-10-6-15(12(3)26)20(29)17(19(10)28)8-24-9-18-21(30)16(13(4)27)7-11(2)22(18)34-25(24,32)14(5)33-23(24)31/h6-7,14,28-30,32H,8-9H2,1-5H3. The average molecular weight is 470 g/mol. The Kier molecular flexibility index (Phi) is 5.17. The molecule has 3 unspecified atom stereocenters. The summed E-state index contributed by atoms with van der Waals surface area (Å²) < 4.78 is 11.3. The normalized spacial score (nSPS) is 25.2. The molecule has 1 fully saturated rings. The maximum Gasteiger partial charge on any atom is 0.320 e. The van der Waals surface area contributed by atoms with Crippen molar-refractivity contribution in [3.8, 4) is 23.0 Å². The first kappa shape index (κ1) is 23.6. The molecule has 4 rings (SSSR count). The van der Waals surface area contributed by atoms with Gasteiger partial charge in [-0.15, -0.1) is 0 Å². The van der Waals surface area contributed by atoms with E-state index in [9.17, 15) is 34.8 Å². The van der Waals surface area contributed by atoms with Crippen LogP contribution in [0.4, 0.5) is 0 Å². The summed E-state index contributed by atoms with van der Waals surface area (Å²) in [5.74, 6) is -5.11. The predicted octanol–water partition coefficient (Wildman–Crippen LogP) is 2.62. The number of carbonyl (C=O) groups is 3. The highest BCUT2D eigenvalue weighted by Gasteiger charge is 2.71. The molecule has 0 saturated carbocycles. The fourth-order valence-corrected chi connectivity index (χ4v) is 5.02. The van der Waals surface area contributed by atoms with Crippen molar-refractivity contribution in [2.24, 2.45) is 5.41 Å². The fourth-order valence-electron chi connectivity index (χ4n) is 5.02. The fraction of sp³-hybridized carbons (Fsp3) is 0.400. The third kappa shape index (κ3) is 3.00. The van der Waals surface area contributed by atoms with E-state index < -0.39 is 47.0 Å². The number of fused-ring (bicyclic) bond motifs is 2. The third-order valence-electron chi connectivity index (χ3n) is 6.98. The highest BCUT2D eigenvalue weighted by Crippen LogP contribution is 2.57. The van der Waals surface area contributed by atoms with Gasteiger partial charge in [0.15, 0.2) is 17.7 Å². The van der Waals surface area contributed by atoms with Gasteiger partial charge in [-0.05, 0) is 57.9 Å². The first-order chi connectivity index (χ1) is 15.7. The number of ketones is 2. The van der Waals surface area contributed by atoms with Crippen molar-refractivity contribution in [3.63, 3.8) is 0 Å². The SMILES string of the molecule is CC(=O)c1cc(C)c(O)c(CC23Cc4c(O)c(C(C)=O)cc(C)c4OC2(O)C(C)OC3=O)c1O. The molecule has 0 spiro atoms. The minimum Gasteiger partial charge on any atom is -0.507 e. The summed E-state index contributed by atoms with van der Waals surface area (Å²) >= 11 is 0. The maximum atomic E-state index is 13.3. The molecule has 1 saturated heterocycles. The Morgan fingerprint density at radius 3 is 2.15 bits per heavy atom. The van der Waals surface area contributed by atoms with Gasteiger partial charge >= 0.3 is 5.97 Å². The maximum absolute atomic E-state index is 13.3.